The van der Waals surface area contributed by atoms with Crippen molar-refractivity contribution in [3.8, 4) is 0 Å². The zero-order chi connectivity index (χ0) is 13.1. The molecule has 100 valence electrons. The normalized spacial score (nSPS) is 20.6. The summed E-state index contributed by atoms with van der Waals surface area (Å²) < 4.78 is 5.45. The number of imidazole rings is 1. The second kappa shape index (κ2) is 5.52. The monoisotopic (exact) mass is 251 g/mol. The molecule has 5 nitrogen and oxygen atoms in total. The Morgan fingerprint density at radius 2 is 2.33 bits per heavy atom. The van der Waals surface area contributed by atoms with Crippen LogP contribution in [0.15, 0.2) is 6.33 Å². The second-order valence-electron chi connectivity index (χ2n) is 5.34. The smallest absolute Gasteiger partial charge is 0.323 e. The van der Waals surface area contributed by atoms with Crippen LogP contribution in [0.4, 0.5) is 0 Å². The van der Waals surface area contributed by atoms with Crippen LogP contribution in [0.25, 0.3) is 0 Å². The van der Waals surface area contributed by atoms with E-state index in [0.717, 1.165) is 17.8 Å². The van der Waals surface area contributed by atoms with E-state index in [9.17, 15) is 4.79 Å². The molecule has 0 fully saturated rings. The quantitative estimate of drug-likeness (QED) is 0.794. The van der Waals surface area contributed by atoms with Gasteiger partial charge in [0, 0.05) is 13.0 Å². The predicted octanol–water partition coefficient (Wildman–Crippen LogP) is 1.40. The molecule has 2 unspecified atom stereocenters. The number of esters is 1. The Hall–Kier alpha value is -1.36. The minimum absolute atomic E-state index is 0.0279. The molecule has 2 atom stereocenters. The first-order valence-corrected chi connectivity index (χ1v) is 6.51. The Kier molecular flexibility index (Phi) is 4.01. The van der Waals surface area contributed by atoms with Crippen LogP contribution >= 0.6 is 0 Å². The Bertz CT molecular complexity index is 414. The molecule has 0 aliphatic carbocycles. The maximum absolute atomic E-state index is 12.0. The first-order chi connectivity index (χ1) is 8.56. The molecule has 2 rings (SSSR count). The maximum atomic E-state index is 12.0. The SMILES string of the molecule is CC(C)CC(C)OC(=O)C1Cc2nc[nH]c2CN1. The van der Waals surface area contributed by atoms with Gasteiger partial charge in [0.15, 0.2) is 0 Å². The van der Waals surface area contributed by atoms with Crippen LogP contribution in [0.1, 0.15) is 38.6 Å². The maximum Gasteiger partial charge on any atom is 0.323 e. The van der Waals surface area contributed by atoms with Crippen LogP contribution in [0.3, 0.4) is 0 Å². The lowest BCUT2D eigenvalue weighted by Crippen LogP contribution is -2.43. The summed E-state index contributed by atoms with van der Waals surface area (Å²) in [7, 11) is 0. The number of hydrogen-bond donors (Lipinski definition) is 2. The molecule has 1 aromatic heterocycles. The highest BCUT2D eigenvalue weighted by molar-refractivity contribution is 5.76. The number of hydrogen-bond acceptors (Lipinski definition) is 4. The van der Waals surface area contributed by atoms with Crippen molar-refractivity contribution in [2.45, 2.75) is 52.3 Å². The van der Waals surface area contributed by atoms with Gasteiger partial charge in [0.05, 0.1) is 23.8 Å². The van der Waals surface area contributed by atoms with Gasteiger partial charge in [-0.25, -0.2) is 4.98 Å². The lowest BCUT2D eigenvalue weighted by Gasteiger charge is -2.24. The third-order valence-corrected chi connectivity index (χ3v) is 3.14. The number of ether oxygens (including phenoxy) is 1. The van der Waals surface area contributed by atoms with E-state index in [2.05, 4.69) is 29.1 Å². The van der Waals surface area contributed by atoms with Crippen molar-refractivity contribution in [1.29, 1.82) is 0 Å². The zero-order valence-electron chi connectivity index (χ0n) is 11.2. The fraction of sp³-hybridized carbons (Fsp3) is 0.692. The minimum atomic E-state index is -0.268. The Balaban J connectivity index is 1.87. The lowest BCUT2D eigenvalue weighted by atomic mass is 10.0. The number of aromatic amines is 1. The number of carbonyl (C=O) groups excluding carboxylic acids is 1. The van der Waals surface area contributed by atoms with Crippen LogP contribution < -0.4 is 5.32 Å². The molecule has 0 amide bonds. The molecule has 1 aliphatic rings. The zero-order valence-corrected chi connectivity index (χ0v) is 11.2. The van der Waals surface area contributed by atoms with Gasteiger partial charge < -0.3 is 9.72 Å². The lowest BCUT2D eigenvalue weighted by molar-refractivity contribution is -0.151. The number of H-pyrrole nitrogens is 1. The Morgan fingerprint density at radius 1 is 1.56 bits per heavy atom. The molecule has 0 bridgehead atoms. The van der Waals surface area contributed by atoms with E-state index in [4.69, 9.17) is 4.74 Å². The molecular formula is C13H21N3O2. The predicted molar refractivity (Wildman–Crippen MR) is 67.9 cm³/mol. The van der Waals surface area contributed by atoms with Crippen molar-refractivity contribution < 1.29 is 9.53 Å². The molecule has 1 aromatic rings. The van der Waals surface area contributed by atoms with E-state index >= 15 is 0 Å². The van der Waals surface area contributed by atoms with Crippen molar-refractivity contribution in [3.63, 3.8) is 0 Å². The summed E-state index contributed by atoms with van der Waals surface area (Å²) in [6, 6.07) is -0.268. The fourth-order valence-corrected chi connectivity index (χ4v) is 2.33. The molecule has 0 saturated carbocycles. The number of rotatable bonds is 4. The molecule has 18 heavy (non-hydrogen) atoms. The summed E-state index contributed by atoms with van der Waals surface area (Å²) in [5.41, 5.74) is 2.03. The van der Waals surface area contributed by atoms with Gasteiger partial charge in [0.25, 0.3) is 0 Å². The van der Waals surface area contributed by atoms with Gasteiger partial charge in [-0.2, -0.15) is 0 Å². The highest BCUT2D eigenvalue weighted by atomic mass is 16.5. The van der Waals surface area contributed by atoms with Gasteiger partial charge in [-0.3, -0.25) is 10.1 Å². The van der Waals surface area contributed by atoms with Crippen molar-refractivity contribution >= 4 is 5.97 Å². The van der Waals surface area contributed by atoms with Crippen LogP contribution in [-0.2, 0) is 22.5 Å². The molecule has 2 N–H and O–H groups in total. The molecule has 0 saturated heterocycles. The average Bonchev–Trinajstić information content (AvgIpc) is 2.74. The van der Waals surface area contributed by atoms with E-state index in [1.165, 1.54) is 0 Å². The summed E-state index contributed by atoms with van der Waals surface area (Å²) in [4.78, 5) is 19.3. The topological polar surface area (TPSA) is 67.0 Å². The average molecular weight is 251 g/mol. The molecule has 0 spiro atoms. The summed E-state index contributed by atoms with van der Waals surface area (Å²) in [5.74, 6) is 0.363. The summed E-state index contributed by atoms with van der Waals surface area (Å²) >= 11 is 0. The standard InChI is InChI=1S/C13H21N3O2/c1-8(2)4-9(3)18-13(17)11-5-10-12(6-14-11)16-7-15-10/h7-9,11,14H,4-6H2,1-3H3,(H,15,16). The van der Waals surface area contributed by atoms with Crippen LogP contribution in [0, 0.1) is 5.92 Å². The van der Waals surface area contributed by atoms with Gasteiger partial charge >= 0.3 is 5.97 Å². The van der Waals surface area contributed by atoms with Crippen LogP contribution in [0.5, 0.6) is 0 Å². The van der Waals surface area contributed by atoms with Gasteiger partial charge in [-0.05, 0) is 19.3 Å². The van der Waals surface area contributed by atoms with Crippen molar-refractivity contribution in [2.24, 2.45) is 5.92 Å². The van der Waals surface area contributed by atoms with Crippen molar-refractivity contribution in [1.82, 2.24) is 15.3 Å². The third kappa shape index (κ3) is 3.10. The molecular weight excluding hydrogens is 230 g/mol. The summed E-state index contributed by atoms with van der Waals surface area (Å²) in [6.45, 7) is 6.84. The van der Waals surface area contributed by atoms with E-state index in [0.29, 0.717) is 18.9 Å². The third-order valence-electron chi connectivity index (χ3n) is 3.14. The summed E-state index contributed by atoms with van der Waals surface area (Å²) in [6.07, 6.45) is 3.14. The number of nitrogens with zero attached hydrogens (tertiary/aromatic N) is 1. The van der Waals surface area contributed by atoms with E-state index < -0.39 is 0 Å². The Labute approximate surface area is 107 Å². The number of carbonyl (C=O) groups is 1. The van der Waals surface area contributed by atoms with Crippen LogP contribution in [0.2, 0.25) is 0 Å². The van der Waals surface area contributed by atoms with E-state index in [1.54, 1.807) is 6.33 Å². The molecule has 0 radical (unpaired) electrons. The molecule has 0 aromatic carbocycles. The molecule has 5 heteroatoms. The van der Waals surface area contributed by atoms with Crippen molar-refractivity contribution in [2.75, 3.05) is 0 Å². The fourth-order valence-electron chi connectivity index (χ4n) is 2.33. The van der Waals surface area contributed by atoms with Crippen molar-refractivity contribution in [3.05, 3.63) is 17.7 Å². The van der Waals surface area contributed by atoms with Crippen LogP contribution in [-0.4, -0.2) is 28.1 Å². The van der Waals surface area contributed by atoms with Gasteiger partial charge in [-0.1, -0.05) is 13.8 Å². The first kappa shape index (κ1) is 13.1. The number of fused-ring (bicyclic) bond motifs is 1. The minimum Gasteiger partial charge on any atom is -0.461 e. The first-order valence-electron chi connectivity index (χ1n) is 6.51. The number of nitrogens with one attached hydrogen (secondary N) is 2. The second-order valence-corrected chi connectivity index (χ2v) is 5.34. The van der Waals surface area contributed by atoms with Gasteiger partial charge in [0.2, 0.25) is 0 Å². The van der Waals surface area contributed by atoms with Gasteiger partial charge in [-0.15, -0.1) is 0 Å². The molecule has 2 heterocycles. The van der Waals surface area contributed by atoms with E-state index in [1.807, 2.05) is 6.92 Å². The van der Waals surface area contributed by atoms with E-state index in [-0.39, 0.29) is 18.1 Å². The summed E-state index contributed by atoms with van der Waals surface area (Å²) in [5, 5.41) is 3.17. The number of aromatic nitrogens is 2. The highest BCUT2D eigenvalue weighted by Crippen LogP contribution is 2.15. The molecule has 1 aliphatic heterocycles. The largest absolute Gasteiger partial charge is 0.461 e. The highest BCUT2D eigenvalue weighted by Gasteiger charge is 2.28. The van der Waals surface area contributed by atoms with Gasteiger partial charge in [0.1, 0.15) is 6.04 Å². The Morgan fingerprint density at radius 3 is 3.06 bits per heavy atom.